The number of nitrogens with zero attached hydrogens (tertiary/aromatic N) is 1. The zero-order chi connectivity index (χ0) is 25.1. The molecule has 4 amide bonds. The van der Waals surface area contributed by atoms with Gasteiger partial charge in [0.2, 0.25) is 5.91 Å². The average molecular weight is 587 g/mol. The van der Waals surface area contributed by atoms with E-state index < -0.39 is 41.7 Å². The normalized spacial score (nSPS) is 17.0. The van der Waals surface area contributed by atoms with Crippen LogP contribution in [0, 0.1) is 9.39 Å². The molecule has 0 radical (unpaired) electrons. The summed E-state index contributed by atoms with van der Waals surface area (Å²) in [5, 5.41) is 5.24. The van der Waals surface area contributed by atoms with Crippen molar-refractivity contribution in [3.8, 4) is 5.75 Å². The number of urea groups is 1. The van der Waals surface area contributed by atoms with Crippen LogP contribution in [0.25, 0.3) is 0 Å². The second-order valence-corrected chi connectivity index (χ2v) is 9.37. The minimum Gasteiger partial charge on any atom is -0.497 e. The van der Waals surface area contributed by atoms with Crippen molar-refractivity contribution in [3.63, 3.8) is 0 Å². The largest absolute Gasteiger partial charge is 0.497 e. The van der Waals surface area contributed by atoms with E-state index in [2.05, 4.69) is 10.6 Å². The highest BCUT2D eigenvalue weighted by Crippen LogP contribution is 2.32. The van der Waals surface area contributed by atoms with Crippen LogP contribution >= 0.6 is 22.6 Å². The Labute approximate surface area is 215 Å². The second-order valence-electron chi connectivity index (χ2n) is 8.12. The molecule has 0 spiro atoms. The Hall–Kier alpha value is -3.47. The lowest BCUT2D eigenvalue weighted by atomic mass is 9.91. The van der Waals surface area contributed by atoms with Gasteiger partial charge in [-0.05, 0) is 64.0 Å². The van der Waals surface area contributed by atoms with E-state index in [-0.39, 0.29) is 5.69 Å². The van der Waals surface area contributed by atoms with Crippen LogP contribution in [0.15, 0.2) is 72.8 Å². The van der Waals surface area contributed by atoms with Gasteiger partial charge in [-0.2, -0.15) is 0 Å². The molecule has 7 nitrogen and oxygen atoms in total. The molecule has 0 aliphatic carbocycles. The molecule has 3 aromatic rings. The number of methoxy groups -OCH3 is 1. The van der Waals surface area contributed by atoms with Gasteiger partial charge in [-0.25, -0.2) is 14.1 Å². The zero-order valence-corrected chi connectivity index (χ0v) is 21.2. The summed E-state index contributed by atoms with van der Waals surface area (Å²) in [4.78, 5) is 41.0. The number of ether oxygens (including phenoxy) is 1. The van der Waals surface area contributed by atoms with Crippen molar-refractivity contribution in [3.05, 3.63) is 93.3 Å². The molecule has 1 unspecified atom stereocenters. The van der Waals surface area contributed by atoms with E-state index in [0.717, 1.165) is 10.5 Å². The summed E-state index contributed by atoms with van der Waals surface area (Å²) < 4.78 is 20.3. The van der Waals surface area contributed by atoms with Crippen LogP contribution in [-0.2, 0) is 9.59 Å². The first-order chi connectivity index (χ1) is 16.8. The summed E-state index contributed by atoms with van der Waals surface area (Å²) in [5.41, 5.74) is 1.28. The maximum atomic E-state index is 14.5. The summed E-state index contributed by atoms with van der Waals surface area (Å²) >= 11 is 1.97. The van der Waals surface area contributed by atoms with Gasteiger partial charge in [-0.15, -0.1) is 0 Å². The van der Waals surface area contributed by atoms with Gasteiger partial charge in [0.15, 0.2) is 0 Å². The average Bonchev–Trinajstić information content (AvgIpc) is 3.15. The summed E-state index contributed by atoms with van der Waals surface area (Å²) in [6.07, 6.45) is 0. The van der Waals surface area contributed by atoms with Crippen LogP contribution in [0.1, 0.15) is 30.0 Å². The molecular weight excluding hydrogens is 564 g/mol. The van der Waals surface area contributed by atoms with E-state index >= 15 is 0 Å². The molecule has 3 aromatic carbocycles. The van der Waals surface area contributed by atoms with Crippen molar-refractivity contribution in [2.45, 2.75) is 24.9 Å². The zero-order valence-electron chi connectivity index (χ0n) is 19.0. The molecule has 1 fully saturated rings. The van der Waals surface area contributed by atoms with Crippen LogP contribution in [0.3, 0.4) is 0 Å². The van der Waals surface area contributed by atoms with Crippen molar-refractivity contribution >= 4 is 46.1 Å². The molecule has 0 bridgehead atoms. The van der Waals surface area contributed by atoms with Crippen LogP contribution in [-0.4, -0.2) is 35.9 Å². The number of carbonyl (C=O) groups excluding carboxylic acids is 3. The molecule has 1 heterocycles. The molecule has 4 rings (SSSR count). The van der Waals surface area contributed by atoms with Crippen LogP contribution < -0.4 is 15.4 Å². The third-order valence-corrected chi connectivity index (χ3v) is 6.63. The number of anilines is 1. The van der Waals surface area contributed by atoms with Crippen molar-refractivity contribution in [2.75, 3.05) is 12.4 Å². The fourth-order valence-corrected chi connectivity index (χ4v) is 4.54. The standard InChI is InChI=1S/C26H23FIN3O4/c1-15(16-6-4-3-5-7-16)23(24(32)29-21-13-10-18(28)14-20(21)27)31-25(33)22(30-26(31)34)17-8-11-19(35-2)12-9-17/h3-15,22-23H,1-2H3,(H,29,32)(H,30,34)/t15-,22?,23-/m0/s1. The van der Waals surface area contributed by atoms with Crippen LogP contribution in [0.5, 0.6) is 5.75 Å². The highest BCUT2D eigenvalue weighted by Gasteiger charge is 2.47. The fourth-order valence-electron chi connectivity index (χ4n) is 4.08. The van der Waals surface area contributed by atoms with Gasteiger partial charge >= 0.3 is 6.03 Å². The predicted molar refractivity (Wildman–Crippen MR) is 138 cm³/mol. The molecule has 9 heteroatoms. The number of halogens is 2. The predicted octanol–water partition coefficient (Wildman–Crippen LogP) is 4.84. The van der Waals surface area contributed by atoms with Crippen LogP contribution in [0.4, 0.5) is 14.9 Å². The maximum absolute atomic E-state index is 14.5. The Bertz CT molecular complexity index is 1250. The molecule has 1 saturated heterocycles. The molecule has 2 N–H and O–H groups in total. The van der Waals surface area contributed by atoms with E-state index in [1.54, 1.807) is 37.3 Å². The number of amides is 4. The van der Waals surface area contributed by atoms with Gasteiger partial charge in [0, 0.05) is 9.49 Å². The number of imide groups is 1. The van der Waals surface area contributed by atoms with Gasteiger partial charge in [0.25, 0.3) is 5.91 Å². The van der Waals surface area contributed by atoms with Gasteiger partial charge in [-0.1, -0.05) is 49.4 Å². The number of carbonyl (C=O) groups is 3. The lowest BCUT2D eigenvalue weighted by Gasteiger charge is -2.30. The lowest BCUT2D eigenvalue weighted by Crippen LogP contribution is -2.50. The first kappa shape index (κ1) is 24.6. The number of rotatable bonds is 7. The first-order valence-electron chi connectivity index (χ1n) is 10.9. The Morgan fingerprint density at radius 1 is 1.09 bits per heavy atom. The maximum Gasteiger partial charge on any atom is 0.325 e. The van der Waals surface area contributed by atoms with Gasteiger partial charge in [0.05, 0.1) is 12.8 Å². The third-order valence-electron chi connectivity index (χ3n) is 5.95. The van der Waals surface area contributed by atoms with Gasteiger partial charge in [0.1, 0.15) is 23.7 Å². The summed E-state index contributed by atoms with van der Waals surface area (Å²) in [6, 6.07) is 17.4. The number of hydrogen-bond acceptors (Lipinski definition) is 4. The van der Waals surface area contributed by atoms with E-state index in [4.69, 9.17) is 4.74 Å². The van der Waals surface area contributed by atoms with Crippen molar-refractivity contribution < 1.29 is 23.5 Å². The molecule has 35 heavy (non-hydrogen) atoms. The van der Waals surface area contributed by atoms with E-state index in [1.165, 1.54) is 19.2 Å². The molecule has 0 aromatic heterocycles. The summed E-state index contributed by atoms with van der Waals surface area (Å²) in [6.45, 7) is 1.76. The molecule has 0 saturated carbocycles. The fraction of sp³-hybridized carbons (Fsp3) is 0.192. The molecule has 1 aliphatic heterocycles. The highest BCUT2D eigenvalue weighted by atomic mass is 127. The van der Waals surface area contributed by atoms with Crippen molar-refractivity contribution in [1.29, 1.82) is 0 Å². The minimum atomic E-state index is -1.22. The summed E-state index contributed by atoms with van der Waals surface area (Å²) in [5.74, 6) is -1.79. The highest BCUT2D eigenvalue weighted by molar-refractivity contribution is 14.1. The summed E-state index contributed by atoms with van der Waals surface area (Å²) in [7, 11) is 1.53. The smallest absolute Gasteiger partial charge is 0.325 e. The molecule has 1 aliphatic rings. The SMILES string of the molecule is COc1ccc(C2NC(=O)N([C@H](C(=O)Nc3ccc(I)cc3F)[C@@H](C)c3ccccc3)C2=O)cc1. The first-order valence-corrected chi connectivity index (χ1v) is 12.0. The third kappa shape index (κ3) is 5.14. The van der Waals surface area contributed by atoms with Crippen LogP contribution in [0.2, 0.25) is 0 Å². The molecule has 3 atom stereocenters. The quantitative estimate of drug-likeness (QED) is 0.306. The molecular formula is C26H23FIN3O4. The molecule has 180 valence electrons. The Kier molecular flexibility index (Phi) is 7.34. The van der Waals surface area contributed by atoms with Crippen molar-refractivity contribution in [2.24, 2.45) is 0 Å². The second kappa shape index (κ2) is 10.4. The van der Waals surface area contributed by atoms with E-state index in [9.17, 15) is 18.8 Å². The minimum absolute atomic E-state index is 0.0283. The number of hydrogen-bond donors (Lipinski definition) is 2. The van der Waals surface area contributed by atoms with Crippen molar-refractivity contribution in [1.82, 2.24) is 10.2 Å². The number of nitrogens with one attached hydrogen (secondary N) is 2. The monoisotopic (exact) mass is 587 g/mol. The van der Waals surface area contributed by atoms with Gasteiger partial charge in [-0.3, -0.25) is 9.59 Å². The Morgan fingerprint density at radius 2 is 1.77 bits per heavy atom. The van der Waals surface area contributed by atoms with Gasteiger partial charge < -0.3 is 15.4 Å². The Balaban J connectivity index is 1.68. The Morgan fingerprint density at radius 3 is 2.40 bits per heavy atom. The van der Waals surface area contributed by atoms with E-state index in [1.807, 2.05) is 52.9 Å². The topological polar surface area (TPSA) is 87.7 Å². The lowest BCUT2D eigenvalue weighted by molar-refractivity contribution is -0.134. The van der Waals surface area contributed by atoms with E-state index in [0.29, 0.717) is 14.9 Å². The number of benzene rings is 3.